The monoisotopic (exact) mass is 480 g/mol. The van der Waals surface area contributed by atoms with Gasteiger partial charge in [-0.2, -0.15) is 0 Å². The molecule has 0 radical (unpaired) electrons. The molecule has 8 heteroatoms. The van der Waals surface area contributed by atoms with E-state index in [0.29, 0.717) is 36.4 Å². The van der Waals surface area contributed by atoms with Gasteiger partial charge < -0.3 is 25.0 Å². The lowest BCUT2D eigenvalue weighted by Gasteiger charge is -2.40. The number of pyridine rings is 1. The molecule has 2 N–H and O–H groups in total. The normalized spacial score (nSPS) is 21.2. The van der Waals surface area contributed by atoms with Crippen LogP contribution in [0.2, 0.25) is 0 Å². The Bertz CT molecular complexity index is 1030. The van der Waals surface area contributed by atoms with Crippen LogP contribution in [0, 0.1) is 6.92 Å². The van der Waals surface area contributed by atoms with Crippen molar-refractivity contribution in [2.75, 3.05) is 25.2 Å². The van der Waals surface area contributed by atoms with E-state index in [9.17, 15) is 9.59 Å². The highest BCUT2D eigenvalue weighted by Gasteiger charge is 2.41. The number of nitrogens with one attached hydrogen (secondary N) is 2. The van der Waals surface area contributed by atoms with Crippen LogP contribution >= 0.6 is 0 Å². The highest BCUT2D eigenvalue weighted by molar-refractivity contribution is 5.96. The number of hydrogen-bond donors (Lipinski definition) is 2. The lowest BCUT2D eigenvalue weighted by atomic mass is 9.96. The Morgan fingerprint density at radius 3 is 2.49 bits per heavy atom. The average molecular weight is 481 g/mol. The first kappa shape index (κ1) is 25.0. The number of ether oxygens (including phenoxy) is 2. The summed E-state index contributed by atoms with van der Waals surface area (Å²) in [5, 5.41) is 6.12. The smallest absolute Gasteiger partial charge is 0.252 e. The van der Waals surface area contributed by atoms with Gasteiger partial charge in [0.1, 0.15) is 11.6 Å². The van der Waals surface area contributed by atoms with Gasteiger partial charge in [0.15, 0.2) is 0 Å². The van der Waals surface area contributed by atoms with Crippen molar-refractivity contribution in [2.45, 2.75) is 70.7 Å². The molecule has 3 atom stereocenters. The molecule has 2 amide bonds. The molecule has 1 aromatic carbocycles. The molecular weight excluding hydrogens is 444 g/mol. The Kier molecular flexibility index (Phi) is 7.90. The van der Waals surface area contributed by atoms with Crippen molar-refractivity contribution >= 4 is 17.6 Å². The first-order chi connectivity index (χ1) is 16.9. The molecule has 0 aliphatic carbocycles. The largest absolute Gasteiger partial charge is 0.496 e. The van der Waals surface area contributed by atoms with Gasteiger partial charge in [-0.05, 0) is 70.7 Å². The van der Waals surface area contributed by atoms with Gasteiger partial charge in [0.2, 0.25) is 0 Å². The van der Waals surface area contributed by atoms with Gasteiger partial charge in [0, 0.05) is 42.0 Å². The predicted octanol–water partition coefficient (Wildman–Crippen LogP) is 3.48. The van der Waals surface area contributed by atoms with Crippen molar-refractivity contribution < 1.29 is 19.1 Å². The van der Waals surface area contributed by atoms with Crippen LogP contribution in [0.15, 0.2) is 36.5 Å². The second-order valence-corrected chi connectivity index (χ2v) is 9.65. The number of carbonyl (C=O) groups is 2. The fourth-order valence-electron chi connectivity index (χ4n) is 5.25. The molecule has 0 spiro atoms. The molecule has 2 aromatic rings. The van der Waals surface area contributed by atoms with Crippen molar-refractivity contribution in [1.29, 1.82) is 0 Å². The predicted molar refractivity (Wildman–Crippen MR) is 135 cm³/mol. The number of piperidine rings is 1. The Morgan fingerprint density at radius 1 is 1.11 bits per heavy atom. The molecule has 2 fully saturated rings. The van der Waals surface area contributed by atoms with Crippen LogP contribution < -0.4 is 20.3 Å². The molecule has 2 aliphatic heterocycles. The highest BCUT2D eigenvalue weighted by atomic mass is 16.5. The second kappa shape index (κ2) is 11.1. The zero-order valence-corrected chi connectivity index (χ0v) is 21.0. The fourth-order valence-corrected chi connectivity index (χ4v) is 5.25. The maximum atomic E-state index is 13.0. The molecule has 8 nitrogen and oxygen atoms in total. The summed E-state index contributed by atoms with van der Waals surface area (Å²) in [5.41, 5.74) is 2.06. The van der Waals surface area contributed by atoms with Crippen LogP contribution in [0.1, 0.15) is 65.8 Å². The van der Waals surface area contributed by atoms with Crippen LogP contribution in [-0.2, 0) is 4.74 Å². The van der Waals surface area contributed by atoms with Gasteiger partial charge in [0.25, 0.3) is 11.8 Å². The van der Waals surface area contributed by atoms with E-state index in [-0.39, 0.29) is 24.0 Å². The zero-order chi connectivity index (χ0) is 24.9. The van der Waals surface area contributed by atoms with Crippen LogP contribution in [0.25, 0.3) is 0 Å². The van der Waals surface area contributed by atoms with Crippen molar-refractivity contribution in [3.05, 3.63) is 53.2 Å². The van der Waals surface area contributed by atoms with E-state index < -0.39 is 0 Å². The minimum absolute atomic E-state index is 0.0495. The third-order valence-electron chi connectivity index (χ3n) is 6.93. The topological polar surface area (TPSA) is 92.8 Å². The third-order valence-corrected chi connectivity index (χ3v) is 6.93. The third kappa shape index (κ3) is 5.75. The molecule has 0 saturated carbocycles. The number of carbonyl (C=O) groups excluding carboxylic acids is 2. The molecule has 1 unspecified atom stereocenters. The first-order valence-corrected chi connectivity index (χ1v) is 12.5. The summed E-state index contributed by atoms with van der Waals surface area (Å²) in [4.78, 5) is 32.3. The lowest BCUT2D eigenvalue weighted by Crippen LogP contribution is -2.50. The van der Waals surface area contributed by atoms with E-state index in [1.165, 1.54) is 0 Å². The van der Waals surface area contributed by atoms with E-state index in [2.05, 4.69) is 20.5 Å². The van der Waals surface area contributed by atoms with Gasteiger partial charge in [0.05, 0.1) is 25.4 Å². The number of anilines is 1. The molecule has 1 aromatic heterocycles. The number of aromatic nitrogens is 1. The second-order valence-electron chi connectivity index (χ2n) is 9.65. The summed E-state index contributed by atoms with van der Waals surface area (Å²) in [6, 6.07) is 10.1. The number of fused-ring (bicyclic) bond motifs is 2. The van der Waals surface area contributed by atoms with Gasteiger partial charge >= 0.3 is 0 Å². The minimum atomic E-state index is -0.145. The summed E-state index contributed by atoms with van der Waals surface area (Å²) in [6.45, 7) is 6.81. The van der Waals surface area contributed by atoms with E-state index in [1.54, 1.807) is 13.3 Å². The van der Waals surface area contributed by atoms with Gasteiger partial charge in [-0.3, -0.25) is 9.59 Å². The molecule has 4 rings (SSSR count). The fraction of sp³-hybridized carbons (Fsp3) is 0.519. The maximum absolute atomic E-state index is 13.0. The van der Waals surface area contributed by atoms with Crippen molar-refractivity contribution in [2.24, 2.45) is 0 Å². The SMILES string of the molecule is COc1cccc(C(=O)NC2C[C@H]3CC[C@@H](C2)N3c2ccc(C(=O)NCCOC(C)C)cn2)c1C. The van der Waals surface area contributed by atoms with Gasteiger partial charge in [-0.15, -0.1) is 0 Å². The van der Waals surface area contributed by atoms with Crippen LogP contribution in [0.3, 0.4) is 0 Å². The molecule has 2 aliphatic rings. The minimum Gasteiger partial charge on any atom is -0.496 e. The number of rotatable bonds is 9. The number of methoxy groups -OCH3 is 1. The molecular formula is C27H36N4O4. The van der Waals surface area contributed by atoms with E-state index >= 15 is 0 Å². The summed E-state index contributed by atoms with van der Waals surface area (Å²) in [7, 11) is 1.62. The Labute approximate surface area is 207 Å². The molecule has 2 saturated heterocycles. The number of nitrogens with zero attached hydrogens (tertiary/aromatic N) is 2. The molecule has 3 heterocycles. The molecule has 2 bridgehead atoms. The van der Waals surface area contributed by atoms with Crippen molar-refractivity contribution in [1.82, 2.24) is 15.6 Å². The molecule has 35 heavy (non-hydrogen) atoms. The summed E-state index contributed by atoms with van der Waals surface area (Å²) in [5.74, 6) is 1.42. The van der Waals surface area contributed by atoms with Crippen LogP contribution in [-0.4, -0.2) is 61.3 Å². The Balaban J connectivity index is 1.34. The first-order valence-electron chi connectivity index (χ1n) is 12.5. The summed E-state index contributed by atoms with van der Waals surface area (Å²) < 4.78 is 10.8. The van der Waals surface area contributed by atoms with Crippen molar-refractivity contribution in [3.63, 3.8) is 0 Å². The van der Waals surface area contributed by atoms with Crippen LogP contribution in [0.5, 0.6) is 5.75 Å². The summed E-state index contributed by atoms with van der Waals surface area (Å²) >= 11 is 0. The number of hydrogen-bond acceptors (Lipinski definition) is 6. The van der Waals surface area contributed by atoms with Gasteiger partial charge in [-0.1, -0.05) is 6.07 Å². The van der Waals surface area contributed by atoms with E-state index in [4.69, 9.17) is 9.47 Å². The average Bonchev–Trinajstić information content (AvgIpc) is 3.11. The quantitative estimate of drug-likeness (QED) is 0.534. The molecule has 188 valence electrons. The zero-order valence-electron chi connectivity index (χ0n) is 21.0. The number of benzene rings is 1. The lowest BCUT2D eigenvalue weighted by molar-refractivity contribution is 0.0746. The van der Waals surface area contributed by atoms with Crippen molar-refractivity contribution in [3.8, 4) is 5.75 Å². The van der Waals surface area contributed by atoms with Gasteiger partial charge in [-0.25, -0.2) is 4.98 Å². The standard InChI is InChI=1S/C27H36N4O4/c1-17(2)35-13-12-28-26(32)19-8-11-25(29-16-19)31-21-9-10-22(31)15-20(14-21)30-27(33)23-6-5-7-24(34-4)18(23)3/h5-8,11,16-17,20-22H,9-10,12-15H2,1-4H3,(H,28,32)(H,30,33)/t20?,21-,22+. The Hall–Kier alpha value is -3.13. The highest BCUT2D eigenvalue weighted by Crippen LogP contribution is 2.38. The number of amides is 2. The summed E-state index contributed by atoms with van der Waals surface area (Å²) in [6.07, 6.45) is 5.71. The maximum Gasteiger partial charge on any atom is 0.252 e. The Morgan fingerprint density at radius 2 is 1.86 bits per heavy atom. The van der Waals surface area contributed by atoms with E-state index in [1.807, 2.05) is 51.1 Å². The van der Waals surface area contributed by atoms with Crippen LogP contribution in [0.4, 0.5) is 5.82 Å². The van der Waals surface area contributed by atoms with E-state index in [0.717, 1.165) is 42.8 Å².